The van der Waals surface area contributed by atoms with Gasteiger partial charge in [0.1, 0.15) is 22.8 Å². The molecule has 0 fully saturated rings. The molecule has 0 saturated carbocycles. The fraction of sp³-hybridized carbons (Fsp3) is 0. The van der Waals surface area contributed by atoms with E-state index < -0.39 is 0 Å². The van der Waals surface area contributed by atoms with Crippen molar-refractivity contribution in [2.24, 2.45) is 9.98 Å². The summed E-state index contributed by atoms with van der Waals surface area (Å²) < 4.78 is 0. The van der Waals surface area contributed by atoms with Crippen LogP contribution in [0.5, 0.6) is 0 Å². The van der Waals surface area contributed by atoms with Crippen molar-refractivity contribution >= 4 is 23.6 Å². The minimum absolute atomic E-state index is 0. The van der Waals surface area contributed by atoms with Gasteiger partial charge in [-0.15, -0.1) is 12.0 Å². The summed E-state index contributed by atoms with van der Waals surface area (Å²) in [5.41, 5.74) is 5.42. The molecule has 12 nitrogen and oxygen atoms in total. The van der Waals surface area contributed by atoms with E-state index in [0.29, 0.717) is 45.0 Å². The quantitative estimate of drug-likeness (QED) is 0.152. The van der Waals surface area contributed by atoms with E-state index in [1.807, 2.05) is 0 Å². The van der Waals surface area contributed by atoms with Crippen molar-refractivity contribution in [3.05, 3.63) is 106 Å². The number of hydrogen-bond donors (Lipinski definition) is 0. The number of pyridine rings is 4. The predicted molar refractivity (Wildman–Crippen MR) is 135 cm³/mol. The Morgan fingerprint density at radius 3 is 1.00 bits per heavy atom. The first-order chi connectivity index (χ1) is 18.6. The van der Waals surface area contributed by atoms with Crippen molar-refractivity contribution in [3.8, 4) is 35.2 Å². The van der Waals surface area contributed by atoms with Crippen LogP contribution in [0.2, 0.25) is 0 Å². The standard InChI is InChI=1S/2C11H6N2O.2C2N3.Cu/c2*14-11-7-3-1-5-12-9(7)10-8(11)4-2-6-13-10;2*3-1-5-2-4;/h2*1-6H;;;/q;;2*-1;+2. The Kier molecular flexibility index (Phi) is 11.1. The van der Waals surface area contributed by atoms with Crippen LogP contribution in [0.15, 0.2) is 83.3 Å². The molecule has 0 atom stereocenters. The maximum atomic E-state index is 11.8. The third-order valence-electron chi connectivity index (χ3n) is 4.86. The van der Waals surface area contributed by atoms with E-state index in [1.54, 1.807) is 73.3 Å². The topological polar surface area (TPSA) is 203 Å². The molecule has 2 aliphatic rings. The monoisotopic (exact) mass is 559 g/mol. The molecular weight excluding hydrogens is 548 g/mol. The van der Waals surface area contributed by atoms with E-state index in [-0.39, 0.29) is 28.6 Å². The minimum Gasteiger partial charge on any atom is -0.422 e. The van der Waals surface area contributed by atoms with Gasteiger partial charge in [-0.1, -0.05) is 0 Å². The molecule has 4 heterocycles. The van der Waals surface area contributed by atoms with E-state index >= 15 is 0 Å². The first-order valence-electron chi connectivity index (χ1n) is 10.4. The van der Waals surface area contributed by atoms with Crippen LogP contribution in [0.25, 0.3) is 33.6 Å². The molecular formula is C26H12CuN10O2. The van der Waals surface area contributed by atoms with Crippen LogP contribution < -0.4 is 0 Å². The van der Waals surface area contributed by atoms with Gasteiger partial charge in [0.05, 0.1) is 34.6 Å². The van der Waals surface area contributed by atoms with Crippen molar-refractivity contribution in [3.63, 3.8) is 0 Å². The first kappa shape index (κ1) is 29.4. The molecule has 2 aliphatic carbocycles. The largest absolute Gasteiger partial charge is 2.00 e. The SMILES string of the molecule is N#CN=C=[N-].N#CN=C=[N-].O=C1c2cccnc2-c2ncccc21.O=C1c2cccnc2-c2ncccc21.[Cu+2]. The van der Waals surface area contributed by atoms with Crippen molar-refractivity contribution in [1.82, 2.24) is 19.9 Å². The molecule has 0 aliphatic heterocycles. The van der Waals surface area contributed by atoms with Gasteiger partial charge in [0.25, 0.3) is 0 Å². The van der Waals surface area contributed by atoms with Crippen LogP contribution in [-0.2, 0) is 17.1 Å². The Morgan fingerprint density at radius 1 is 0.564 bits per heavy atom. The molecule has 6 rings (SSSR count). The van der Waals surface area contributed by atoms with E-state index in [0.717, 1.165) is 0 Å². The molecule has 0 bridgehead atoms. The average molecular weight is 560 g/mol. The number of carbonyl (C=O) groups excluding carboxylic acids is 2. The zero-order chi connectivity index (χ0) is 27.3. The maximum absolute atomic E-state index is 11.8. The molecule has 13 heteroatoms. The van der Waals surface area contributed by atoms with Crippen LogP contribution in [-0.4, -0.2) is 43.5 Å². The minimum atomic E-state index is 0. The molecule has 0 spiro atoms. The second-order valence-corrected chi connectivity index (χ2v) is 6.88. The van der Waals surface area contributed by atoms with E-state index in [4.69, 9.17) is 21.3 Å². The van der Waals surface area contributed by atoms with Crippen LogP contribution in [0.4, 0.5) is 0 Å². The molecule has 39 heavy (non-hydrogen) atoms. The summed E-state index contributed by atoms with van der Waals surface area (Å²) in [5.74, 6) is 0.0485. The van der Waals surface area contributed by atoms with E-state index in [9.17, 15) is 9.59 Å². The maximum Gasteiger partial charge on any atom is 2.00 e. The zero-order valence-electron chi connectivity index (χ0n) is 19.5. The Hall–Kier alpha value is -5.80. The van der Waals surface area contributed by atoms with Gasteiger partial charge in [0.2, 0.25) is 0 Å². The Bertz CT molecular complexity index is 1490. The fourth-order valence-corrected chi connectivity index (χ4v) is 3.44. The van der Waals surface area contributed by atoms with Gasteiger partial charge >= 0.3 is 17.1 Å². The molecule has 0 saturated heterocycles. The third-order valence-corrected chi connectivity index (χ3v) is 4.86. The number of ketones is 2. The van der Waals surface area contributed by atoms with Crippen molar-refractivity contribution in [1.29, 1.82) is 10.5 Å². The fourth-order valence-electron chi connectivity index (χ4n) is 3.44. The van der Waals surface area contributed by atoms with Crippen LogP contribution >= 0.6 is 0 Å². The van der Waals surface area contributed by atoms with Gasteiger partial charge in [-0.2, -0.15) is 10.5 Å². The molecule has 0 amide bonds. The number of nitrogens with zero attached hydrogens (tertiary/aromatic N) is 10. The Labute approximate surface area is 232 Å². The Morgan fingerprint density at radius 2 is 0.821 bits per heavy atom. The summed E-state index contributed by atoms with van der Waals surface area (Å²) in [5, 5.41) is 29.7. The summed E-state index contributed by atoms with van der Waals surface area (Å²) in [6.45, 7) is 0. The van der Waals surface area contributed by atoms with Gasteiger partial charge in [-0.05, 0) is 48.5 Å². The number of nitriles is 2. The van der Waals surface area contributed by atoms with Crippen molar-refractivity contribution < 1.29 is 26.7 Å². The van der Waals surface area contributed by atoms with Gasteiger partial charge < -0.3 is 20.8 Å². The van der Waals surface area contributed by atoms with E-state index in [2.05, 4.69) is 29.9 Å². The van der Waals surface area contributed by atoms with Gasteiger partial charge in [0.15, 0.2) is 11.6 Å². The smallest absolute Gasteiger partial charge is 0.422 e. The summed E-state index contributed by atoms with van der Waals surface area (Å²) >= 11 is 0. The number of aliphatic imine (C=N–C) groups is 2. The van der Waals surface area contributed by atoms with E-state index in [1.165, 1.54) is 24.4 Å². The normalized spacial score (nSPS) is 9.90. The average Bonchev–Trinajstić information content (AvgIpc) is 3.43. The second kappa shape index (κ2) is 14.7. The van der Waals surface area contributed by atoms with Crippen LogP contribution in [0, 0.1) is 22.9 Å². The van der Waals surface area contributed by atoms with Crippen LogP contribution in [0.3, 0.4) is 0 Å². The second-order valence-electron chi connectivity index (χ2n) is 6.88. The van der Waals surface area contributed by atoms with Crippen LogP contribution in [0.1, 0.15) is 31.8 Å². The molecule has 4 aromatic heterocycles. The number of rotatable bonds is 0. The first-order valence-corrected chi connectivity index (χ1v) is 10.4. The number of aromatic nitrogens is 4. The number of hydrogen-bond acceptors (Lipinski definition) is 10. The van der Waals surface area contributed by atoms with Gasteiger partial charge in [0, 0.05) is 24.8 Å². The molecule has 0 N–H and O–H groups in total. The molecule has 1 radical (unpaired) electrons. The zero-order valence-corrected chi connectivity index (χ0v) is 20.5. The Balaban J connectivity index is 0.000000202. The van der Waals surface area contributed by atoms with Gasteiger partial charge in [-0.3, -0.25) is 29.5 Å². The molecule has 189 valence electrons. The predicted octanol–water partition coefficient (Wildman–Crippen LogP) is 3.80. The summed E-state index contributed by atoms with van der Waals surface area (Å²) in [7, 11) is 0. The summed E-state index contributed by atoms with van der Waals surface area (Å²) in [6, 6.07) is 16.8. The molecule has 0 unspecified atom stereocenters. The number of carbonyl (C=O) groups is 2. The summed E-state index contributed by atoms with van der Waals surface area (Å²) in [6.07, 6.45) is 9.27. The third kappa shape index (κ3) is 6.70. The summed E-state index contributed by atoms with van der Waals surface area (Å²) in [4.78, 5) is 45.5. The van der Waals surface area contributed by atoms with Crippen molar-refractivity contribution in [2.45, 2.75) is 0 Å². The number of fused-ring (bicyclic) bond motifs is 6. The van der Waals surface area contributed by atoms with Gasteiger partial charge in [-0.25, -0.2) is 0 Å². The van der Waals surface area contributed by atoms with Crippen molar-refractivity contribution in [2.75, 3.05) is 0 Å². The molecule has 0 aromatic carbocycles. The molecule has 4 aromatic rings.